The Bertz CT molecular complexity index is 479. The van der Waals surface area contributed by atoms with Gasteiger partial charge in [0.15, 0.2) is 5.75 Å². The molecule has 0 unspecified atom stereocenters. The van der Waals surface area contributed by atoms with Crippen molar-refractivity contribution in [2.45, 2.75) is 33.6 Å². The molecule has 1 aromatic rings. The van der Waals surface area contributed by atoms with Crippen LogP contribution in [0.15, 0.2) is 16.6 Å². The normalized spacial score (nSPS) is 11.4. The van der Waals surface area contributed by atoms with E-state index < -0.39 is 4.92 Å². The molecule has 112 valence electrons. The molecule has 1 aromatic carbocycles. The standard InChI is InChI=1S/C14H19Br2NO3/c1-4-14(5-2,8-15)9-20-13-10(3)6-11(16)7-12(13)17(18)19/h6-7H,4-5,8-9H2,1-3H3. The van der Waals surface area contributed by atoms with E-state index in [2.05, 4.69) is 45.7 Å². The summed E-state index contributed by atoms with van der Waals surface area (Å²) in [7, 11) is 0. The Morgan fingerprint density at radius 2 is 1.95 bits per heavy atom. The number of benzene rings is 1. The molecule has 1 rings (SSSR count). The maximum Gasteiger partial charge on any atom is 0.312 e. The highest BCUT2D eigenvalue weighted by Gasteiger charge is 2.28. The minimum absolute atomic E-state index is 0.00699. The van der Waals surface area contributed by atoms with Crippen LogP contribution in [0.3, 0.4) is 0 Å². The molecule has 0 aliphatic carbocycles. The first-order chi connectivity index (χ1) is 9.39. The molecule has 20 heavy (non-hydrogen) atoms. The highest BCUT2D eigenvalue weighted by molar-refractivity contribution is 9.10. The Morgan fingerprint density at radius 3 is 2.40 bits per heavy atom. The van der Waals surface area contributed by atoms with Crippen LogP contribution in [0.5, 0.6) is 5.75 Å². The van der Waals surface area contributed by atoms with Gasteiger partial charge in [0.25, 0.3) is 0 Å². The topological polar surface area (TPSA) is 52.4 Å². The number of hydrogen-bond acceptors (Lipinski definition) is 3. The lowest BCUT2D eigenvalue weighted by Crippen LogP contribution is -2.29. The summed E-state index contributed by atoms with van der Waals surface area (Å²) in [6.45, 7) is 6.50. The summed E-state index contributed by atoms with van der Waals surface area (Å²) in [4.78, 5) is 10.8. The molecule has 0 fully saturated rings. The third-order valence-corrected chi connectivity index (χ3v) is 5.37. The summed E-state index contributed by atoms with van der Waals surface area (Å²) in [5.41, 5.74) is 0.780. The van der Waals surface area contributed by atoms with Crippen LogP contribution in [-0.4, -0.2) is 16.9 Å². The summed E-state index contributed by atoms with van der Waals surface area (Å²) < 4.78 is 6.52. The van der Waals surface area contributed by atoms with Crippen LogP contribution >= 0.6 is 31.9 Å². The first kappa shape index (κ1) is 17.4. The van der Waals surface area contributed by atoms with Crippen molar-refractivity contribution >= 4 is 37.5 Å². The van der Waals surface area contributed by atoms with Gasteiger partial charge in [-0.3, -0.25) is 10.1 Å². The second-order valence-corrected chi connectivity index (χ2v) is 6.43. The second kappa shape index (κ2) is 7.41. The fourth-order valence-corrected chi connectivity index (χ4v) is 3.46. The fourth-order valence-electron chi connectivity index (χ4n) is 1.94. The molecule has 0 atom stereocenters. The van der Waals surface area contributed by atoms with E-state index in [1.54, 1.807) is 0 Å². The number of nitrogens with zero attached hydrogens (tertiary/aromatic N) is 1. The molecule has 0 aliphatic rings. The first-order valence-electron chi connectivity index (χ1n) is 6.52. The average Bonchev–Trinajstić information content (AvgIpc) is 2.41. The molecule has 0 spiro atoms. The largest absolute Gasteiger partial charge is 0.486 e. The average molecular weight is 409 g/mol. The number of alkyl halides is 1. The summed E-state index contributed by atoms with van der Waals surface area (Å²) >= 11 is 6.80. The van der Waals surface area contributed by atoms with Gasteiger partial charge < -0.3 is 4.74 Å². The van der Waals surface area contributed by atoms with Crippen LogP contribution in [0.25, 0.3) is 0 Å². The molecule has 0 heterocycles. The van der Waals surface area contributed by atoms with E-state index in [0.717, 1.165) is 23.7 Å². The van der Waals surface area contributed by atoms with Crippen LogP contribution in [0.2, 0.25) is 0 Å². The minimum Gasteiger partial charge on any atom is -0.486 e. The van der Waals surface area contributed by atoms with Gasteiger partial charge >= 0.3 is 5.69 Å². The number of rotatable bonds is 7. The summed E-state index contributed by atoms with van der Waals surface area (Å²) in [6, 6.07) is 3.31. The molecule has 0 aromatic heterocycles. The molecular formula is C14H19Br2NO3. The van der Waals surface area contributed by atoms with Crippen molar-refractivity contribution in [2.24, 2.45) is 5.41 Å². The number of halogens is 2. The number of ether oxygens (including phenoxy) is 1. The van der Waals surface area contributed by atoms with E-state index in [1.807, 2.05) is 13.0 Å². The monoisotopic (exact) mass is 407 g/mol. The SMILES string of the molecule is CCC(CC)(CBr)COc1c(C)cc(Br)cc1[N+](=O)[O-]. The van der Waals surface area contributed by atoms with Gasteiger partial charge in [0, 0.05) is 21.3 Å². The molecule has 0 radical (unpaired) electrons. The summed E-state index contributed by atoms with van der Waals surface area (Å²) in [6.07, 6.45) is 1.91. The second-order valence-electron chi connectivity index (χ2n) is 4.96. The summed E-state index contributed by atoms with van der Waals surface area (Å²) in [5.74, 6) is 0.366. The number of aryl methyl sites for hydroxylation is 1. The zero-order valence-corrected chi connectivity index (χ0v) is 15.1. The van der Waals surface area contributed by atoms with Crippen LogP contribution in [0.1, 0.15) is 32.3 Å². The Morgan fingerprint density at radius 1 is 1.35 bits per heavy atom. The zero-order valence-electron chi connectivity index (χ0n) is 11.9. The van der Waals surface area contributed by atoms with E-state index in [0.29, 0.717) is 16.8 Å². The number of nitro benzene ring substituents is 1. The van der Waals surface area contributed by atoms with Crippen LogP contribution < -0.4 is 4.74 Å². The van der Waals surface area contributed by atoms with Gasteiger partial charge in [0.05, 0.1) is 11.5 Å². The van der Waals surface area contributed by atoms with E-state index in [4.69, 9.17) is 4.74 Å². The minimum atomic E-state index is -0.402. The zero-order chi connectivity index (χ0) is 15.3. The molecule has 0 N–H and O–H groups in total. The maximum absolute atomic E-state index is 11.2. The van der Waals surface area contributed by atoms with Gasteiger partial charge in [-0.15, -0.1) is 0 Å². The molecule has 6 heteroatoms. The first-order valence-corrected chi connectivity index (χ1v) is 8.44. The van der Waals surface area contributed by atoms with Gasteiger partial charge in [-0.2, -0.15) is 0 Å². The van der Waals surface area contributed by atoms with E-state index in [1.165, 1.54) is 6.07 Å². The highest BCUT2D eigenvalue weighted by Crippen LogP contribution is 2.37. The van der Waals surface area contributed by atoms with Crippen molar-refractivity contribution in [1.29, 1.82) is 0 Å². The molecule has 0 saturated carbocycles. The van der Waals surface area contributed by atoms with Gasteiger partial charge in [-0.25, -0.2) is 0 Å². The summed E-state index contributed by atoms with van der Waals surface area (Å²) in [5, 5.41) is 12.0. The molecule has 0 bridgehead atoms. The van der Waals surface area contributed by atoms with E-state index >= 15 is 0 Å². The van der Waals surface area contributed by atoms with Crippen molar-refractivity contribution in [2.75, 3.05) is 11.9 Å². The number of nitro groups is 1. The van der Waals surface area contributed by atoms with Crippen LogP contribution in [-0.2, 0) is 0 Å². The smallest absolute Gasteiger partial charge is 0.312 e. The molecular weight excluding hydrogens is 390 g/mol. The van der Waals surface area contributed by atoms with Gasteiger partial charge in [0.2, 0.25) is 0 Å². The predicted octanol–water partition coefficient (Wildman–Crippen LogP) is 5.25. The fraction of sp³-hybridized carbons (Fsp3) is 0.571. The Kier molecular flexibility index (Phi) is 6.45. The third kappa shape index (κ3) is 3.95. The van der Waals surface area contributed by atoms with Crippen LogP contribution in [0.4, 0.5) is 5.69 Å². The predicted molar refractivity (Wildman–Crippen MR) is 87.8 cm³/mol. The van der Waals surface area contributed by atoms with Crippen molar-refractivity contribution < 1.29 is 9.66 Å². The maximum atomic E-state index is 11.2. The van der Waals surface area contributed by atoms with Crippen molar-refractivity contribution in [1.82, 2.24) is 0 Å². The van der Waals surface area contributed by atoms with E-state index in [-0.39, 0.29) is 11.1 Å². The van der Waals surface area contributed by atoms with E-state index in [9.17, 15) is 10.1 Å². The van der Waals surface area contributed by atoms with Gasteiger partial charge in [-0.05, 0) is 31.4 Å². The Hall–Kier alpha value is -0.620. The van der Waals surface area contributed by atoms with Crippen molar-refractivity contribution in [3.63, 3.8) is 0 Å². The quantitative estimate of drug-likeness (QED) is 0.352. The Labute approximate surface area is 136 Å². The molecule has 0 saturated heterocycles. The van der Waals surface area contributed by atoms with Gasteiger partial charge in [-0.1, -0.05) is 45.7 Å². The number of hydrogen-bond donors (Lipinski definition) is 0. The Balaban J connectivity index is 3.06. The lowest BCUT2D eigenvalue weighted by Gasteiger charge is -2.29. The lowest BCUT2D eigenvalue weighted by atomic mass is 9.86. The molecule has 0 amide bonds. The van der Waals surface area contributed by atoms with Crippen molar-refractivity contribution in [3.05, 3.63) is 32.3 Å². The van der Waals surface area contributed by atoms with Crippen LogP contribution in [0, 0.1) is 22.5 Å². The molecule has 4 nitrogen and oxygen atoms in total. The van der Waals surface area contributed by atoms with Crippen molar-refractivity contribution in [3.8, 4) is 5.75 Å². The lowest BCUT2D eigenvalue weighted by molar-refractivity contribution is -0.386. The highest BCUT2D eigenvalue weighted by atomic mass is 79.9. The third-order valence-electron chi connectivity index (χ3n) is 3.72. The van der Waals surface area contributed by atoms with Gasteiger partial charge in [0.1, 0.15) is 0 Å². The molecule has 0 aliphatic heterocycles.